The molecule has 0 saturated carbocycles. The molecule has 0 saturated heterocycles. The third-order valence-electron chi connectivity index (χ3n) is 6.21. The maximum atomic E-state index is 13.6. The van der Waals surface area contributed by atoms with E-state index in [1.54, 1.807) is 42.5 Å². The Kier molecular flexibility index (Phi) is 6.90. The van der Waals surface area contributed by atoms with E-state index in [1.807, 2.05) is 58.0 Å². The molecule has 1 heterocycles. The average molecular weight is 493 g/mol. The van der Waals surface area contributed by atoms with Crippen LogP contribution in [-0.4, -0.2) is 26.5 Å². The van der Waals surface area contributed by atoms with Gasteiger partial charge in [-0.25, -0.2) is 8.42 Å². The molecule has 3 aromatic rings. The smallest absolute Gasteiger partial charge is 0.264 e. The zero-order valence-electron chi connectivity index (χ0n) is 20.6. The first-order valence-corrected chi connectivity index (χ1v) is 13.3. The number of carbonyl (C=O) groups excluding carboxylic acids is 1. The number of carbonyl (C=O) groups is 1. The molecule has 1 aliphatic rings. The van der Waals surface area contributed by atoms with E-state index in [9.17, 15) is 13.2 Å². The van der Waals surface area contributed by atoms with Gasteiger partial charge in [-0.05, 0) is 68.7 Å². The Balaban J connectivity index is 1.64. The molecule has 0 spiro atoms. The SMILES string of the molecule is CCc1ccc(N(CC(=O)NC2CC(C)(C)Oc3cc(C)ccc32)S(=O)(=O)c2ccccc2)cc1. The van der Waals surface area contributed by atoms with Gasteiger partial charge < -0.3 is 10.1 Å². The number of nitrogens with one attached hydrogen (secondary N) is 1. The van der Waals surface area contributed by atoms with Gasteiger partial charge in [0.1, 0.15) is 17.9 Å². The maximum Gasteiger partial charge on any atom is 0.264 e. The summed E-state index contributed by atoms with van der Waals surface area (Å²) < 4.78 is 34.5. The quantitative estimate of drug-likeness (QED) is 0.494. The van der Waals surface area contributed by atoms with Crippen LogP contribution in [0.1, 0.15) is 49.9 Å². The number of hydrogen-bond donors (Lipinski definition) is 1. The molecule has 0 bridgehead atoms. The Morgan fingerprint density at radius 1 is 1.06 bits per heavy atom. The van der Waals surface area contributed by atoms with Crippen molar-refractivity contribution in [1.82, 2.24) is 5.32 Å². The number of hydrogen-bond acceptors (Lipinski definition) is 4. The lowest BCUT2D eigenvalue weighted by molar-refractivity contribution is -0.120. The lowest BCUT2D eigenvalue weighted by atomic mass is 9.89. The zero-order chi connectivity index (χ0) is 25.2. The summed E-state index contributed by atoms with van der Waals surface area (Å²) in [5, 5.41) is 3.07. The molecule has 0 aliphatic carbocycles. The van der Waals surface area contributed by atoms with Gasteiger partial charge in [-0.3, -0.25) is 9.10 Å². The fourth-order valence-corrected chi connectivity index (χ4v) is 5.83. The highest BCUT2D eigenvalue weighted by atomic mass is 32.2. The first-order valence-electron chi connectivity index (χ1n) is 11.8. The fourth-order valence-electron chi connectivity index (χ4n) is 4.39. The van der Waals surface area contributed by atoms with Crippen molar-refractivity contribution in [2.45, 2.75) is 57.1 Å². The van der Waals surface area contributed by atoms with Gasteiger partial charge >= 0.3 is 0 Å². The summed E-state index contributed by atoms with van der Waals surface area (Å²) in [6.07, 6.45) is 1.41. The van der Waals surface area contributed by atoms with Crippen molar-refractivity contribution in [2.24, 2.45) is 0 Å². The molecule has 6 nitrogen and oxygen atoms in total. The van der Waals surface area contributed by atoms with Crippen molar-refractivity contribution in [3.63, 3.8) is 0 Å². The van der Waals surface area contributed by atoms with E-state index in [4.69, 9.17) is 4.74 Å². The van der Waals surface area contributed by atoms with Crippen LogP contribution in [0.4, 0.5) is 5.69 Å². The summed E-state index contributed by atoms with van der Waals surface area (Å²) in [5.74, 6) is 0.369. The summed E-state index contributed by atoms with van der Waals surface area (Å²) in [6, 6.07) is 21.1. The number of sulfonamides is 1. The van der Waals surface area contributed by atoms with Crippen molar-refractivity contribution in [1.29, 1.82) is 0 Å². The maximum absolute atomic E-state index is 13.6. The first-order chi connectivity index (χ1) is 16.6. The normalized spacial score (nSPS) is 16.6. The Labute approximate surface area is 208 Å². The monoisotopic (exact) mass is 492 g/mol. The average Bonchev–Trinajstić information content (AvgIpc) is 2.82. The number of fused-ring (bicyclic) bond motifs is 1. The number of rotatable bonds is 7. The predicted octanol–water partition coefficient (Wildman–Crippen LogP) is 5.17. The van der Waals surface area contributed by atoms with Gasteiger partial charge in [0.2, 0.25) is 5.91 Å². The largest absolute Gasteiger partial charge is 0.487 e. The summed E-state index contributed by atoms with van der Waals surface area (Å²) in [7, 11) is -3.95. The predicted molar refractivity (Wildman–Crippen MR) is 138 cm³/mol. The molecule has 1 atom stereocenters. The van der Waals surface area contributed by atoms with Crippen LogP contribution in [0, 0.1) is 6.92 Å². The molecule has 4 rings (SSSR count). The van der Waals surface area contributed by atoms with E-state index < -0.39 is 15.6 Å². The third-order valence-corrected chi connectivity index (χ3v) is 8.00. The lowest BCUT2D eigenvalue weighted by Crippen LogP contribution is -2.45. The number of aryl methyl sites for hydroxylation is 2. The molecule has 35 heavy (non-hydrogen) atoms. The minimum atomic E-state index is -3.95. The number of nitrogens with zero attached hydrogens (tertiary/aromatic N) is 1. The van der Waals surface area contributed by atoms with Crippen LogP contribution in [0.2, 0.25) is 0 Å². The molecule has 1 aliphatic heterocycles. The molecule has 1 unspecified atom stereocenters. The minimum Gasteiger partial charge on any atom is -0.487 e. The van der Waals surface area contributed by atoms with Crippen LogP contribution in [0.15, 0.2) is 77.7 Å². The standard InChI is InChI=1S/C28H32N2O4S/c1-5-21-12-14-22(15-13-21)30(35(32,33)23-9-7-6-8-10-23)19-27(31)29-25-18-28(3,4)34-26-17-20(2)11-16-24(25)26/h6-17,25H,5,18-19H2,1-4H3,(H,29,31). The summed E-state index contributed by atoms with van der Waals surface area (Å²) in [6.45, 7) is 7.67. The highest BCUT2D eigenvalue weighted by molar-refractivity contribution is 7.92. The van der Waals surface area contributed by atoms with Gasteiger partial charge in [0.15, 0.2) is 0 Å². The van der Waals surface area contributed by atoms with Gasteiger partial charge in [0.25, 0.3) is 10.0 Å². The van der Waals surface area contributed by atoms with E-state index in [0.29, 0.717) is 12.1 Å². The van der Waals surface area contributed by atoms with Crippen molar-refractivity contribution < 1.29 is 17.9 Å². The molecular weight excluding hydrogens is 460 g/mol. The van der Waals surface area contributed by atoms with E-state index >= 15 is 0 Å². The summed E-state index contributed by atoms with van der Waals surface area (Å²) in [4.78, 5) is 13.5. The van der Waals surface area contributed by atoms with Crippen LogP contribution in [0.3, 0.4) is 0 Å². The second-order valence-electron chi connectivity index (χ2n) is 9.57. The molecule has 0 fully saturated rings. The zero-order valence-corrected chi connectivity index (χ0v) is 21.4. The van der Waals surface area contributed by atoms with E-state index in [0.717, 1.165) is 28.9 Å². The van der Waals surface area contributed by atoms with Gasteiger partial charge in [0.05, 0.1) is 16.6 Å². The number of anilines is 1. The van der Waals surface area contributed by atoms with Crippen LogP contribution in [0.5, 0.6) is 5.75 Å². The number of amides is 1. The third kappa shape index (κ3) is 5.51. The molecule has 1 N–H and O–H groups in total. The molecule has 0 aromatic heterocycles. The Morgan fingerprint density at radius 3 is 2.40 bits per heavy atom. The lowest BCUT2D eigenvalue weighted by Gasteiger charge is -2.38. The van der Waals surface area contributed by atoms with Gasteiger partial charge in [-0.2, -0.15) is 0 Å². The van der Waals surface area contributed by atoms with Crippen LogP contribution in [0.25, 0.3) is 0 Å². The second kappa shape index (κ2) is 9.74. The van der Waals surface area contributed by atoms with E-state index in [1.165, 1.54) is 4.31 Å². The van der Waals surface area contributed by atoms with Crippen LogP contribution >= 0.6 is 0 Å². The molecule has 7 heteroatoms. The first kappa shape index (κ1) is 24.8. The van der Waals surface area contributed by atoms with Gasteiger partial charge in [-0.15, -0.1) is 0 Å². The van der Waals surface area contributed by atoms with E-state index in [-0.39, 0.29) is 23.4 Å². The highest BCUT2D eigenvalue weighted by Gasteiger charge is 2.35. The van der Waals surface area contributed by atoms with Crippen LogP contribution < -0.4 is 14.4 Å². The minimum absolute atomic E-state index is 0.139. The number of benzene rings is 3. The fraction of sp³-hybridized carbons (Fsp3) is 0.321. The topological polar surface area (TPSA) is 75.7 Å². The molecular formula is C28H32N2O4S. The van der Waals surface area contributed by atoms with Crippen molar-refractivity contribution in [3.05, 3.63) is 89.5 Å². The van der Waals surface area contributed by atoms with Crippen molar-refractivity contribution in [2.75, 3.05) is 10.8 Å². The van der Waals surface area contributed by atoms with Crippen molar-refractivity contribution >= 4 is 21.6 Å². The Hall–Kier alpha value is -3.32. The highest BCUT2D eigenvalue weighted by Crippen LogP contribution is 2.40. The van der Waals surface area contributed by atoms with Gasteiger partial charge in [-0.1, -0.05) is 49.4 Å². The molecule has 184 valence electrons. The van der Waals surface area contributed by atoms with Gasteiger partial charge in [0, 0.05) is 12.0 Å². The number of ether oxygens (including phenoxy) is 1. The molecule has 3 aromatic carbocycles. The second-order valence-corrected chi connectivity index (χ2v) is 11.4. The summed E-state index contributed by atoms with van der Waals surface area (Å²) >= 11 is 0. The Morgan fingerprint density at radius 2 is 1.74 bits per heavy atom. The van der Waals surface area contributed by atoms with E-state index in [2.05, 4.69) is 5.32 Å². The molecule has 1 amide bonds. The van der Waals surface area contributed by atoms with Crippen molar-refractivity contribution in [3.8, 4) is 5.75 Å². The Bertz CT molecular complexity index is 1300. The van der Waals surface area contributed by atoms with Crippen LogP contribution in [-0.2, 0) is 21.2 Å². The summed E-state index contributed by atoms with van der Waals surface area (Å²) in [5.41, 5.74) is 3.04. The molecule has 0 radical (unpaired) electrons.